The molecule has 1 unspecified atom stereocenters. The van der Waals surface area contributed by atoms with Gasteiger partial charge >= 0.3 is 0 Å². The van der Waals surface area contributed by atoms with Gasteiger partial charge in [-0.2, -0.15) is 0 Å². The minimum absolute atomic E-state index is 0.555. The second kappa shape index (κ2) is 3.97. The van der Waals surface area contributed by atoms with E-state index in [9.17, 15) is 0 Å². The van der Waals surface area contributed by atoms with Crippen molar-refractivity contribution in [1.82, 2.24) is 14.9 Å². The van der Waals surface area contributed by atoms with Gasteiger partial charge in [-0.3, -0.25) is 0 Å². The van der Waals surface area contributed by atoms with Crippen molar-refractivity contribution in [3.05, 3.63) is 18.2 Å². The summed E-state index contributed by atoms with van der Waals surface area (Å²) >= 11 is 0. The summed E-state index contributed by atoms with van der Waals surface area (Å²) in [6.07, 6.45) is 8.91. The molecule has 1 aromatic rings. The zero-order valence-corrected chi connectivity index (χ0v) is 9.95. The topological polar surface area (TPSA) is 29.9 Å². The molecule has 0 spiro atoms. The van der Waals surface area contributed by atoms with Crippen molar-refractivity contribution >= 4 is 0 Å². The number of nitrogens with one attached hydrogen (secondary N) is 1. The van der Waals surface area contributed by atoms with E-state index >= 15 is 0 Å². The fraction of sp³-hybridized carbons (Fsp3) is 0.750. The van der Waals surface area contributed by atoms with E-state index in [0.29, 0.717) is 11.5 Å². The summed E-state index contributed by atoms with van der Waals surface area (Å²) in [6.45, 7) is 2.38. The van der Waals surface area contributed by atoms with Crippen LogP contribution in [-0.4, -0.2) is 22.6 Å². The Bertz CT molecular complexity index is 325. The molecule has 1 fully saturated rings. The standard InChI is InChI=1S/C12H21N3/c1-12(6-7-12)10(13-2)4-5-11-14-8-9-15(11)3/h8-10,13H,4-7H2,1-3H3. The van der Waals surface area contributed by atoms with Crippen LogP contribution in [0.4, 0.5) is 0 Å². The van der Waals surface area contributed by atoms with Crippen LogP contribution in [-0.2, 0) is 13.5 Å². The Kier molecular flexibility index (Phi) is 2.83. The van der Waals surface area contributed by atoms with Crippen molar-refractivity contribution in [3.63, 3.8) is 0 Å². The van der Waals surface area contributed by atoms with E-state index in [1.54, 1.807) is 0 Å². The van der Waals surface area contributed by atoms with Gasteiger partial charge in [0.2, 0.25) is 0 Å². The summed E-state index contributed by atoms with van der Waals surface area (Å²) in [7, 11) is 4.14. The first kappa shape index (κ1) is 10.7. The summed E-state index contributed by atoms with van der Waals surface area (Å²) in [4.78, 5) is 4.36. The SMILES string of the molecule is CNC(CCc1nccn1C)C1(C)CC1. The molecule has 0 bridgehead atoms. The number of imidazole rings is 1. The van der Waals surface area contributed by atoms with Gasteiger partial charge in [0, 0.05) is 31.9 Å². The number of rotatable bonds is 5. The lowest BCUT2D eigenvalue weighted by Crippen LogP contribution is -2.34. The number of aryl methyl sites for hydroxylation is 2. The van der Waals surface area contributed by atoms with Gasteiger partial charge in [0.25, 0.3) is 0 Å². The van der Waals surface area contributed by atoms with Crippen LogP contribution in [0.5, 0.6) is 0 Å². The Morgan fingerprint density at radius 3 is 2.80 bits per heavy atom. The maximum atomic E-state index is 4.36. The van der Waals surface area contributed by atoms with Crippen LogP contribution >= 0.6 is 0 Å². The molecule has 15 heavy (non-hydrogen) atoms. The van der Waals surface area contributed by atoms with E-state index in [0.717, 1.165) is 6.42 Å². The highest BCUT2D eigenvalue weighted by atomic mass is 15.0. The number of hydrogen-bond donors (Lipinski definition) is 1. The van der Waals surface area contributed by atoms with Gasteiger partial charge in [-0.15, -0.1) is 0 Å². The van der Waals surface area contributed by atoms with Gasteiger partial charge in [0.05, 0.1) is 0 Å². The third kappa shape index (κ3) is 2.23. The average molecular weight is 207 g/mol. The van der Waals surface area contributed by atoms with Crippen molar-refractivity contribution in [2.75, 3.05) is 7.05 Å². The second-order valence-corrected chi connectivity index (χ2v) is 4.99. The van der Waals surface area contributed by atoms with Crippen molar-refractivity contribution in [1.29, 1.82) is 0 Å². The summed E-state index contributed by atoms with van der Waals surface area (Å²) in [6, 6.07) is 0.647. The molecule has 1 aliphatic carbocycles. The maximum absolute atomic E-state index is 4.36. The van der Waals surface area contributed by atoms with Crippen molar-refractivity contribution < 1.29 is 0 Å². The van der Waals surface area contributed by atoms with Gasteiger partial charge in [-0.25, -0.2) is 4.98 Å². The average Bonchev–Trinajstić information content (AvgIpc) is 2.82. The third-order valence-corrected chi connectivity index (χ3v) is 3.81. The quantitative estimate of drug-likeness (QED) is 0.797. The molecular formula is C12H21N3. The van der Waals surface area contributed by atoms with Gasteiger partial charge in [-0.05, 0) is 31.7 Å². The molecule has 1 aliphatic rings. The number of nitrogens with zero attached hydrogens (tertiary/aromatic N) is 2. The van der Waals surface area contributed by atoms with Gasteiger partial charge in [0.1, 0.15) is 5.82 Å². The largest absolute Gasteiger partial charge is 0.338 e. The summed E-state index contributed by atoms with van der Waals surface area (Å²) in [5.74, 6) is 1.19. The Hall–Kier alpha value is -0.830. The van der Waals surface area contributed by atoms with Gasteiger partial charge < -0.3 is 9.88 Å². The van der Waals surface area contributed by atoms with E-state index < -0.39 is 0 Å². The molecule has 2 rings (SSSR count). The van der Waals surface area contributed by atoms with Crippen LogP contribution < -0.4 is 5.32 Å². The van der Waals surface area contributed by atoms with E-state index in [2.05, 4.69) is 35.9 Å². The highest BCUT2D eigenvalue weighted by molar-refractivity contribution is 5.00. The number of aromatic nitrogens is 2. The summed E-state index contributed by atoms with van der Waals surface area (Å²) in [5.41, 5.74) is 0.555. The molecule has 3 heteroatoms. The Morgan fingerprint density at radius 2 is 2.33 bits per heavy atom. The van der Waals surface area contributed by atoms with Crippen LogP contribution in [0, 0.1) is 5.41 Å². The van der Waals surface area contributed by atoms with Crippen LogP contribution in [0.15, 0.2) is 12.4 Å². The zero-order valence-electron chi connectivity index (χ0n) is 9.95. The third-order valence-electron chi connectivity index (χ3n) is 3.81. The Balaban J connectivity index is 1.89. The lowest BCUT2D eigenvalue weighted by molar-refractivity contribution is 0.355. The van der Waals surface area contributed by atoms with Crippen molar-refractivity contribution in [2.45, 2.75) is 38.6 Å². The number of hydrogen-bond acceptors (Lipinski definition) is 2. The molecule has 1 atom stereocenters. The molecule has 0 aliphatic heterocycles. The summed E-state index contributed by atoms with van der Waals surface area (Å²) < 4.78 is 2.11. The first-order valence-electron chi connectivity index (χ1n) is 5.79. The van der Waals surface area contributed by atoms with E-state index in [1.165, 1.54) is 25.1 Å². The Morgan fingerprint density at radius 1 is 1.60 bits per heavy atom. The molecule has 0 radical (unpaired) electrons. The fourth-order valence-electron chi connectivity index (χ4n) is 2.30. The van der Waals surface area contributed by atoms with E-state index in [4.69, 9.17) is 0 Å². The zero-order chi connectivity index (χ0) is 10.9. The Labute approximate surface area is 91.9 Å². The molecule has 1 aromatic heterocycles. The fourth-order valence-corrected chi connectivity index (χ4v) is 2.30. The van der Waals surface area contributed by atoms with Crippen molar-refractivity contribution in [2.24, 2.45) is 12.5 Å². The van der Waals surface area contributed by atoms with Crippen LogP contribution in [0.2, 0.25) is 0 Å². The highest BCUT2D eigenvalue weighted by Crippen LogP contribution is 2.49. The summed E-state index contributed by atoms with van der Waals surface area (Å²) in [5, 5.41) is 3.45. The molecule has 1 N–H and O–H groups in total. The highest BCUT2D eigenvalue weighted by Gasteiger charge is 2.43. The van der Waals surface area contributed by atoms with E-state index in [-0.39, 0.29) is 0 Å². The predicted molar refractivity (Wildman–Crippen MR) is 61.7 cm³/mol. The van der Waals surface area contributed by atoms with E-state index in [1.807, 2.05) is 12.4 Å². The monoisotopic (exact) mass is 207 g/mol. The molecule has 0 saturated heterocycles. The lowest BCUT2D eigenvalue weighted by atomic mass is 9.94. The first-order valence-corrected chi connectivity index (χ1v) is 5.79. The van der Waals surface area contributed by atoms with Gasteiger partial charge in [-0.1, -0.05) is 6.92 Å². The molecule has 0 aromatic carbocycles. The molecule has 1 saturated carbocycles. The molecule has 3 nitrogen and oxygen atoms in total. The minimum Gasteiger partial charge on any atom is -0.338 e. The predicted octanol–water partition coefficient (Wildman–Crippen LogP) is 1.74. The second-order valence-electron chi connectivity index (χ2n) is 4.99. The molecule has 1 heterocycles. The van der Waals surface area contributed by atoms with Gasteiger partial charge in [0.15, 0.2) is 0 Å². The minimum atomic E-state index is 0.555. The lowest BCUT2D eigenvalue weighted by Gasteiger charge is -2.22. The normalized spacial score (nSPS) is 20.2. The molecular weight excluding hydrogens is 186 g/mol. The smallest absolute Gasteiger partial charge is 0.108 e. The van der Waals surface area contributed by atoms with Crippen LogP contribution in [0.1, 0.15) is 32.0 Å². The molecule has 0 amide bonds. The maximum Gasteiger partial charge on any atom is 0.108 e. The first-order chi connectivity index (χ1) is 7.15. The molecule has 84 valence electrons. The van der Waals surface area contributed by atoms with Crippen LogP contribution in [0.25, 0.3) is 0 Å². The van der Waals surface area contributed by atoms with Crippen molar-refractivity contribution in [3.8, 4) is 0 Å². The van der Waals surface area contributed by atoms with Crippen LogP contribution in [0.3, 0.4) is 0 Å².